The Labute approximate surface area is 128 Å². The highest BCUT2D eigenvalue weighted by atomic mass is 79.9. The predicted octanol–water partition coefficient (Wildman–Crippen LogP) is 4.31. The first-order valence-corrected chi connectivity index (χ1v) is 6.84. The van der Waals surface area contributed by atoms with E-state index >= 15 is 0 Å². The second kappa shape index (κ2) is 6.19. The lowest BCUT2D eigenvalue weighted by molar-refractivity contribution is -0.387. The van der Waals surface area contributed by atoms with Gasteiger partial charge in [-0.15, -0.1) is 0 Å². The van der Waals surface area contributed by atoms with Gasteiger partial charge in [0.25, 0.3) is 0 Å². The zero-order valence-corrected chi connectivity index (χ0v) is 12.6. The monoisotopic (exact) mass is 354 g/mol. The number of hydrogen-bond donors (Lipinski definition) is 1. The predicted molar refractivity (Wildman–Crippen MR) is 79.9 cm³/mol. The molecule has 2 rings (SSSR count). The third-order valence-corrected chi connectivity index (χ3v) is 3.50. The summed E-state index contributed by atoms with van der Waals surface area (Å²) < 4.78 is 19.8. The molecule has 110 valence electrons. The second-order valence-electron chi connectivity index (χ2n) is 4.44. The van der Waals surface area contributed by atoms with Gasteiger partial charge in [0.1, 0.15) is 11.5 Å². The van der Waals surface area contributed by atoms with Gasteiger partial charge in [0.15, 0.2) is 0 Å². The minimum absolute atomic E-state index is 0.134. The van der Waals surface area contributed by atoms with Crippen molar-refractivity contribution in [3.05, 3.63) is 62.4 Å². The van der Waals surface area contributed by atoms with Gasteiger partial charge in [-0.25, -0.2) is 0 Å². The number of benzene rings is 2. The number of nitrogens with zero attached hydrogens (tertiary/aromatic N) is 1. The van der Waals surface area contributed by atoms with Crippen molar-refractivity contribution in [2.24, 2.45) is 5.73 Å². The summed E-state index contributed by atoms with van der Waals surface area (Å²) in [4.78, 5) is 9.76. The summed E-state index contributed by atoms with van der Waals surface area (Å²) in [5, 5.41) is 10.5. The normalized spacial score (nSPS) is 12.0. The molecule has 2 aromatic rings. The third-order valence-electron chi connectivity index (χ3n) is 2.81. The number of rotatable bonds is 4. The van der Waals surface area contributed by atoms with Crippen LogP contribution in [0.5, 0.6) is 11.5 Å². The zero-order valence-electron chi connectivity index (χ0n) is 11.0. The van der Waals surface area contributed by atoms with E-state index in [-0.39, 0.29) is 11.8 Å². The van der Waals surface area contributed by atoms with E-state index in [2.05, 4.69) is 15.9 Å². The van der Waals surface area contributed by atoms with Crippen molar-refractivity contribution in [2.75, 3.05) is 0 Å². The molecule has 5 nitrogen and oxygen atoms in total. The fourth-order valence-electron chi connectivity index (χ4n) is 1.78. The van der Waals surface area contributed by atoms with Crippen molar-refractivity contribution in [3.63, 3.8) is 0 Å². The van der Waals surface area contributed by atoms with Gasteiger partial charge in [0.05, 0.1) is 4.92 Å². The molecule has 1 atom stereocenters. The minimum Gasteiger partial charge on any atom is -0.457 e. The molecule has 7 heteroatoms. The van der Waals surface area contributed by atoms with Crippen molar-refractivity contribution >= 4 is 21.6 Å². The quantitative estimate of drug-likeness (QED) is 0.655. The fraction of sp³-hybridized carbons (Fsp3) is 0.143. The Morgan fingerprint density at radius 3 is 2.43 bits per heavy atom. The van der Waals surface area contributed by atoms with Crippen LogP contribution in [0.1, 0.15) is 18.5 Å². The molecule has 0 fully saturated rings. The molecule has 2 aromatic carbocycles. The van der Waals surface area contributed by atoms with Crippen LogP contribution in [-0.4, -0.2) is 4.92 Å². The average Bonchev–Trinajstić information content (AvgIpc) is 2.37. The van der Waals surface area contributed by atoms with Gasteiger partial charge in [-0.05, 0) is 30.7 Å². The molecule has 21 heavy (non-hydrogen) atoms. The van der Waals surface area contributed by atoms with Crippen LogP contribution in [0.4, 0.5) is 10.1 Å². The summed E-state index contributed by atoms with van der Waals surface area (Å²) in [5.74, 6) is -0.290. The Kier molecular flexibility index (Phi) is 4.54. The molecule has 0 aliphatic carbocycles. The lowest BCUT2D eigenvalue weighted by Gasteiger charge is -2.11. The molecule has 0 amide bonds. The number of nitrogens with two attached hydrogens (primary N) is 1. The Morgan fingerprint density at radius 1 is 1.29 bits per heavy atom. The molecule has 0 spiro atoms. The van der Waals surface area contributed by atoms with E-state index < -0.39 is 16.4 Å². The van der Waals surface area contributed by atoms with E-state index in [1.54, 1.807) is 18.2 Å². The van der Waals surface area contributed by atoms with Crippen LogP contribution in [0.25, 0.3) is 0 Å². The maximum atomic E-state index is 13.5. The fourth-order valence-corrected chi connectivity index (χ4v) is 2.49. The third kappa shape index (κ3) is 3.56. The molecule has 0 unspecified atom stereocenters. The van der Waals surface area contributed by atoms with Gasteiger partial charge in [-0.3, -0.25) is 10.1 Å². The smallest absolute Gasteiger partial charge is 0.305 e. The van der Waals surface area contributed by atoms with Crippen LogP contribution in [0.15, 0.2) is 40.9 Å². The van der Waals surface area contributed by atoms with Crippen LogP contribution in [0, 0.1) is 15.9 Å². The van der Waals surface area contributed by atoms with E-state index in [4.69, 9.17) is 10.5 Å². The molecule has 0 heterocycles. The first-order valence-electron chi connectivity index (χ1n) is 6.05. The van der Waals surface area contributed by atoms with E-state index in [0.717, 1.165) is 22.2 Å². The molecule has 0 aliphatic rings. The van der Waals surface area contributed by atoms with Crippen molar-refractivity contribution in [2.45, 2.75) is 13.0 Å². The lowest BCUT2D eigenvalue weighted by atomic mass is 10.1. The van der Waals surface area contributed by atoms with Crippen molar-refractivity contribution in [1.29, 1.82) is 0 Å². The van der Waals surface area contributed by atoms with E-state index in [9.17, 15) is 14.5 Å². The Morgan fingerprint density at radius 2 is 1.90 bits per heavy atom. The topological polar surface area (TPSA) is 78.4 Å². The molecule has 2 N–H and O–H groups in total. The van der Waals surface area contributed by atoms with Gasteiger partial charge in [0, 0.05) is 22.6 Å². The number of nitro benzene ring substituents is 1. The molecular formula is C14H12BrFN2O3. The van der Waals surface area contributed by atoms with Crippen molar-refractivity contribution in [1.82, 2.24) is 0 Å². The van der Waals surface area contributed by atoms with Crippen LogP contribution in [-0.2, 0) is 0 Å². The van der Waals surface area contributed by atoms with Gasteiger partial charge >= 0.3 is 5.69 Å². The van der Waals surface area contributed by atoms with Crippen LogP contribution in [0.3, 0.4) is 0 Å². The Hall–Kier alpha value is -1.99. The van der Waals surface area contributed by atoms with Gasteiger partial charge < -0.3 is 10.5 Å². The molecule has 0 saturated carbocycles. The summed E-state index contributed by atoms with van der Waals surface area (Å²) in [6.45, 7) is 1.85. The standard InChI is InChI=1S/C14H12BrFN2O3/c1-8(17)11-4-2-9(6-12(11)15)21-10-3-5-14(18(19)20)13(16)7-10/h2-8H,17H2,1H3/t8-/m1/s1. The molecule has 0 radical (unpaired) electrons. The van der Waals surface area contributed by atoms with Gasteiger partial charge in [-0.1, -0.05) is 22.0 Å². The van der Waals surface area contributed by atoms with Gasteiger partial charge in [0.2, 0.25) is 5.82 Å². The molecule has 0 bridgehead atoms. The molecule has 0 aromatic heterocycles. The number of hydrogen-bond acceptors (Lipinski definition) is 4. The summed E-state index contributed by atoms with van der Waals surface area (Å²) in [5.41, 5.74) is 6.12. The van der Waals surface area contributed by atoms with E-state index in [1.165, 1.54) is 6.07 Å². The average molecular weight is 355 g/mol. The maximum absolute atomic E-state index is 13.5. The summed E-state index contributed by atoms with van der Waals surface area (Å²) in [6, 6.07) is 8.45. The number of nitro groups is 1. The summed E-state index contributed by atoms with van der Waals surface area (Å²) >= 11 is 3.38. The first-order chi connectivity index (χ1) is 9.88. The van der Waals surface area contributed by atoms with Crippen molar-refractivity contribution in [3.8, 4) is 11.5 Å². The Balaban J connectivity index is 2.24. The molecule has 0 aliphatic heterocycles. The second-order valence-corrected chi connectivity index (χ2v) is 5.30. The zero-order chi connectivity index (χ0) is 15.6. The first kappa shape index (κ1) is 15.4. The molecular weight excluding hydrogens is 343 g/mol. The maximum Gasteiger partial charge on any atom is 0.305 e. The highest BCUT2D eigenvalue weighted by molar-refractivity contribution is 9.10. The van der Waals surface area contributed by atoms with Crippen LogP contribution >= 0.6 is 15.9 Å². The van der Waals surface area contributed by atoms with Crippen LogP contribution < -0.4 is 10.5 Å². The number of halogens is 2. The summed E-state index contributed by atoms with van der Waals surface area (Å²) in [6.07, 6.45) is 0. The highest BCUT2D eigenvalue weighted by Crippen LogP contribution is 2.31. The minimum atomic E-state index is -0.941. The highest BCUT2D eigenvalue weighted by Gasteiger charge is 2.15. The molecule has 0 saturated heterocycles. The number of ether oxygens (including phenoxy) is 1. The SMILES string of the molecule is C[C@@H](N)c1ccc(Oc2ccc([N+](=O)[O-])c(F)c2)cc1Br. The van der Waals surface area contributed by atoms with Crippen LogP contribution in [0.2, 0.25) is 0 Å². The van der Waals surface area contributed by atoms with E-state index in [0.29, 0.717) is 5.75 Å². The lowest BCUT2D eigenvalue weighted by Crippen LogP contribution is -2.05. The Bertz CT molecular complexity index is 692. The summed E-state index contributed by atoms with van der Waals surface area (Å²) in [7, 11) is 0. The largest absolute Gasteiger partial charge is 0.457 e. The van der Waals surface area contributed by atoms with Gasteiger partial charge in [-0.2, -0.15) is 4.39 Å². The van der Waals surface area contributed by atoms with E-state index in [1.807, 2.05) is 6.92 Å². The van der Waals surface area contributed by atoms with Crippen molar-refractivity contribution < 1.29 is 14.1 Å².